The zero-order valence-electron chi connectivity index (χ0n) is 12.7. The third-order valence-electron chi connectivity index (χ3n) is 3.69. The smallest absolute Gasteiger partial charge is 0.182 e. The summed E-state index contributed by atoms with van der Waals surface area (Å²) in [5.41, 5.74) is 1.17. The summed E-state index contributed by atoms with van der Waals surface area (Å²) in [4.78, 5) is 12.6. The van der Waals surface area contributed by atoms with E-state index in [4.69, 9.17) is 11.6 Å². The number of benzene rings is 1. The third-order valence-corrected chi connectivity index (χ3v) is 3.90. The summed E-state index contributed by atoms with van der Waals surface area (Å²) in [6.07, 6.45) is 3.13. The van der Waals surface area contributed by atoms with Crippen LogP contribution in [-0.2, 0) is 6.54 Å². The average molecular weight is 358 g/mol. The molecule has 0 fully saturated rings. The predicted molar refractivity (Wildman–Crippen MR) is 89.0 cm³/mol. The van der Waals surface area contributed by atoms with Crippen molar-refractivity contribution in [3.8, 4) is 11.5 Å². The van der Waals surface area contributed by atoms with Crippen LogP contribution >= 0.6 is 11.6 Å². The molecular weight excluding hydrogens is 348 g/mol. The Kier molecular flexibility index (Phi) is 3.85. The maximum atomic E-state index is 14.0. The molecule has 0 N–H and O–H groups in total. The molecule has 0 bridgehead atoms. The van der Waals surface area contributed by atoms with Crippen LogP contribution in [0.5, 0.6) is 0 Å². The quantitative estimate of drug-likeness (QED) is 0.522. The van der Waals surface area contributed by atoms with Crippen molar-refractivity contribution < 1.29 is 8.78 Å². The zero-order valence-corrected chi connectivity index (χ0v) is 13.5. The van der Waals surface area contributed by atoms with Crippen molar-refractivity contribution in [3.05, 3.63) is 71.1 Å². The molecule has 0 unspecified atom stereocenters. The second kappa shape index (κ2) is 6.18. The van der Waals surface area contributed by atoms with E-state index in [9.17, 15) is 8.78 Å². The lowest BCUT2D eigenvalue weighted by Gasteiger charge is -2.05. The number of rotatable bonds is 3. The first-order valence-electron chi connectivity index (χ1n) is 7.37. The molecule has 0 saturated heterocycles. The van der Waals surface area contributed by atoms with E-state index in [2.05, 4.69) is 20.1 Å². The van der Waals surface area contributed by atoms with Crippen LogP contribution in [-0.4, -0.2) is 24.7 Å². The van der Waals surface area contributed by atoms with E-state index < -0.39 is 11.6 Å². The van der Waals surface area contributed by atoms with Crippen LogP contribution in [0, 0.1) is 11.6 Å². The number of fused-ring (bicyclic) bond motifs is 1. The lowest BCUT2D eigenvalue weighted by atomic mass is 10.2. The van der Waals surface area contributed by atoms with E-state index in [1.54, 1.807) is 18.3 Å². The van der Waals surface area contributed by atoms with E-state index in [1.807, 2.05) is 6.07 Å². The Morgan fingerprint density at radius 2 is 1.88 bits per heavy atom. The summed E-state index contributed by atoms with van der Waals surface area (Å²) in [5, 5.41) is 5.43. The standard InChI is InChI=1S/C17H10ClF2N5/c18-13-6-8-21-16(23-13)15-11-4-2-7-22-17(11)25(24-15)9-10-3-1-5-12(19)14(10)20/h1-8H,9H2. The highest BCUT2D eigenvalue weighted by atomic mass is 35.5. The van der Waals surface area contributed by atoms with Gasteiger partial charge in [-0.15, -0.1) is 0 Å². The van der Waals surface area contributed by atoms with Gasteiger partial charge in [-0.3, -0.25) is 0 Å². The van der Waals surface area contributed by atoms with E-state index in [1.165, 1.54) is 23.0 Å². The molecular formula is C17H10ClF2N5. The minimum atomic E-state index is -0.902. The molecule has 0 atom stereocenters. The van der Waals surface area contributed by atoms with Gasteiger partial charge in [-0.25, -0.2) is 28.4 Å². The Bertz CT molecular complexity index is 1080. The van der Waals surface area contributed by atoms with Crippen LogP contribution in [0.4, 0.5) is 8.78 Å². The summed E-state index contributed by atoms with van der Waals surface area (Å²) < 4.78 is 28.9. The maximum absolute atomic E-state index is 14.0. The van der Waals surface area contributed by atoms with Crippen molar-refractivity contribution in [1.29, 1.82) is 0 Å². The lowest BCUT2D eigenvalue weighted by Crippen LogP contribution is -2.06. The molecule has 0 aliphatic carbocycles. The molecule has 0 radical (unpaired) electrons. The first-order chi connectivity index (χ1) is 12.1. The maximum Gasteiger partial charge on any atom is 0.182 e. The SMILES string of the molecule is Fc1cccc(Cn2nc(-c3nccc(Cl)n3)c3cccnc32)c1F. The van der Waals surface area contributed by atoms with Crippen molar-refractivity contribution in [2.45, 2.75) is 6.54 Å². The van der Waals surface area contributed by atoms with E-state index in [0.717, 1.165) is 6.07 Å². The summed E-state index contributed by atoms with van der Waals surface area (Å²) in [5.74, 6) is -1.47. The Balaban J connectivity index is 1.87. The Morgan fingerprint density at radius 3 is 2.72 bits per heavy atom. The van der Waals surface area contributed by atoms with Crippen molar-refractivity contribution in [3.63, 3.8) is 0 Å². The molecule has 25 heavy (non-hydrogen) atoms. The van der Waals surface area contributed by atoms with Gasteiger partial charge < -0.3 is 0 Å². The van der Waals surface area contributed by atoms with Crippen LogP contribution in [0.15, 0.2) is 48.8 Å². The van der Waals surface area contributed by atoms with Gasteiger partial charge in [0.2, 0.25) is 0 Å². The molecule has 8 heteroatoms. The second-order valence-electron chi connectivity index (χ2n) is 5.30. The minimum Gasteiger partial charge on any atom is -0.242 e. The Morgan fingerprint density at radius 1 is 1.00 bits per heavy atom. The summed E-state index contributed by atoms with van der Waals surface area (Å²) in [6, 6.07) is 9.16. The van der Waals surface area contributed by atoms with Crippen LogP contribution in [0.2, 0.25) is 5.15 Å². The normalized spacial score (nSPS) is 11.2. The van der Waals surface area contributed by atoms with Crippen LogP contribution in [0.25, 0.3) is 22.6 Å². The van der Waals surface area contributed by atoms with Crippen LogP contribution < -0.4 is 0 Å². The Labute approximate surface area is 145 Å². The predicted octanol–water partition coefficient (Wildman–Crippen LogP) is 3.87. The highest BCUT2D eigenvalue weighted by Gasteiger charge is 2.17. The molecule has 3 aromatic heterocycles. The molecule has 4 rings (SSSR count). The topological polar surface area (TPSA) is 56.5 Å². The molecule has 4 aromatic rings. The van der Waals surface area contributed by atoms with Gasteiger partial charge in [0.05, 0.1) is 11.9 Å². The first kappa shape index (κ1) is 15.6. The van der Waals surface area contributed by atoms with Gasteiger partial charge in [-0.2, -0.15) is 5.10 Å². The van der Waals surface area contributed by atoms with Crippen molar-refractivity contribution in [1.82, 2.24) is 24.7 Å². The number of hydrogen-bond donors (Lipinski definition) is 0. The average Bonchev–Trinajstić information content (AvgIpc) is 2.98. The Hall–Kier alpha value is -2.93. The van der Waals surface area contributed by atoms with Gasteiger partial charge in [-0.05, 0) is 24.3 Å². The fourth-order valence-electron chi connectivity index (χ4n) is 2.57. The van der Waals surface area contributed by atoms with Gasteiger partial charge >= 0.3 is 0 Å². The number of hydrogen-bond acceptors (Lipinski definition) is 4. The van der Waals surface area contributed by atoms with E-state index >= 15 is 0 Å². The second-order valence-corrected chi connectivity index (χ2v) is 5.68. The molecule has 0 aliphatic rings. The van der Waals surface area contributed by atoms with Crippen LogP contribution in [0.3, 0.4) is 0 Å². The van der Waals surface area contributed by atoms with E-state index in [0.29, 0.717) is 22.6 Å². The molecule has 0 aliphatic heterocycles. The van der Waals surface area contributed by atoms with Crippen molar-refractivity contribution in [2.24, 2.45) is 0 Å². The van der Waals surface area contributed by atoms with Gasteiger partial charge in [0.1, 0.15) is 10.8 Å². The number of nitrogens with zero attached hydrogens (tertiary/aromatic N) is 5. The van der Waals surface area contributed by atoms with Crippen molar-refractivity contribution >= 4 is 22.6 Å². The van der Waals surface area contributed by atoms with Gasteiger partial charge in [-0.1, -0.05) is 23.7 Å². The molecule has 0 saturated carbocycles. The number of halogens is 3. The largest absolute Gasteiger partial charge is 0.242 e. The number of pyridine rings is 1. The summed E-state index contributed by atoms with van der Waals surface area (Å²) in [6.45, 7) is 0.0255. The fraction of sp³-hybridized carbons (Fsp3) is 0.0588. The van der Waals surface area contributed by atoms with E-state index in [-0.39, 0.29) is 17.3 Å². The zero-order chi connectivity index (χ0) is 17.4. The van der Waals surface area contributed by atoms with Gasteiger partial charge in [0, 0.05) is 18.0 Å². The highest BCUT2D eigenvalue weighted by molar-refractivity contribution is 6.29. The van der Waals surface area contributed by atoms with Crippen molar-refractivity contribution in [2.75, 3.05) is 0 Å². The fourth-order valence-corrected chi connectivity index (χ4v) is 2.70. The minimum absolute atomic E-state index is 0.0255. The highest BCUT2D eigenvalue weighted by Crippen LogP contribution is 2.25. The lowest BCUT2D eigenvalue weighted by molar-refractivity contribution is 0.493. The molecule has 1 aromatic carbocycles. The van der Waals surface area contributed by atoms with Crippen LogP contribution in [0.1, 0.15) is 5.56 Å². The summed E-state index contributed by atoms with van der Waals surface area (Å²) >= 11 is 5.93. The monoisotopic (exact) mass is 357 g/mol. The summed E-state index contributed by atoms with van der Waals surface area (Å²) in [7, 11) is 0. The molecule has 0 amide bonds. The molecule has 3 heterocycles. The van der Waals surface area contributed by atoms with Gasteiger partial charge in [0.15, 0.2) is 23.1 Å². The first-order valence-corrected chi connectivity index (χ1v) is 7.74. The van der Waals surface area contributed by atoms with Gasteiger partial charge in [0.25, 0.3) is 0 Å². The molecule has 5 nitrogen and oxygen atoms in total. The molecule has 124 valence electrons. The third kappa shape index (κ3) is 2.83. The number of aromatic nitrogens is 5. The molecule has 0 spiro atoms.